The lowest BCUT2D eigenvalue weighted by Crippen LogP contribution is -2.37. The highest BCUT2D eigenvalue weighted by molar-refractivity contribution is 14.0. The summed E-state index contributed by atoms with van der Waals surface area (Å²) in [5.41, 5.74) is 0. The van der Waals surface area contributed by atoms with E-state index in [1.54, 1.807) is 11.3 Å². The molecule has 0 aliphatic rings. The molecule has 2 aromatic rings. The van der Waals surface area contributed by atoms with Crippen molar-refractivity contribution < 1.29 is 0 Å². The Hall–Kier alpha value is -0.600. The van der Waals surface area contributed by atoms with Crippen molar-refractivity contribution in [2.45, 2.75) is 26.3 Å². The number of guanidine groups is 1. The highest BCUT2D eigenvalue weighted by Gasteiger charge is 2.01. The van der Waals surface area contributed by atoms with Crippen LogP contribution in [0.4, 0.5) is 0 Å². The van der Waals surface area contributed by atoms with Crippen LogP contribution in [0.2, 0.25) is 0 Å². The van der Waals surface area contributed by atoms with E-state index in [2.05, 4.69) is 52.2 Å². The largest absolute Gasteiger partial charge is 0.356 e. The number of nitrogens with one attached hydrogen (secondary N) is 2. The SMILES string of the molecule is CCc1ccc(CNC(=NC)NCCc2cccs2)s1.I. The number of nitrogens with zero attached hydrogens (tertiary/aromatic N) is 1. The van der Waals surface area contributed by atoms with Crippen molar-refractivity contribution in [3.05, 3.63) is 44.3 Å². The van der Waals surface area contributed by atoms with Gasteiger partial charge in [0.1, 0.15) is 0 Å². The fourth-order valence-electron chi connectivity index (χ4n) is 1.86. The summed E-state index contributed by atoms with van der Waals surface area (Å²) in [5, 5.41) is 8.82. The predicted octanol–water partition coefficient (Wildman–Crippen LogP) is 3.90. The smallest absolute Gasteiger partial charge is 0.191 e. The van der Waals surface area contributed by atoms with E-state index in [1.165, 1.54) is 14.6 Å². The summed E-state index contributed by atoms with van der Waals surface area (Å²) in [6.45, 7) is 3.93. The van der Waals surface area contributed by atoms with E-state index < -0.39 is 0 Å². The van der Waals surface area contributed by atoms with Crippen LogP contribution in [0.25, 0.3) is 0 Å². The number of hydrogen-bond donors (Lipinski definition) is 2. The third kappa shape index (κ3) is 6.36. The number of rotatable bonds is 6. The van der Waals surface area contributed by atoms with Crippen LogP contribution < -0.4 is 10.6 Å². The summed E-state index contributed by atoms with van der Waals surface area (Å²) in [6, 6.07) is 8.65. The van der Waals surface area contributed by atoms with Crippen molar-refractivity contribution in [2.24, 2.45) is 4.99 Å². The second kappa shape index (κ2) is 10.2. The summed E-state index contributed by atoms with van der Waals surface area (Å²) in [6.07, 6.45) is 2.15. The Balaban J connectivity index is 0.00000220. The Bertz CT molecular complexity index is 535. The summed E-state index contributed by atoms with van der Waals surface area (Å²) in [4.78, 5) is 8.44. The number of aryl methyl sites for hydroxylation is 1. The number of aliphatic imine (C=N–C) groups is 1. The topological polar surface area (TPSA) is 36.4 Å². The molecule has 116 valence electrons. The Morgan fingerprint density at radius 1 is 1.14 bits per heavy atom. The van der Waals surface area contributed by atoms with E-state index in [0.29, 0.717) is 0 Å². The van der Waals surface area contributed by atoms with Gasteiger partial charge in [0.25, 0.3) is 0 Å². The van der Waals surface area contributed by atoms with Gasteiger partial charge in [-0.2, -0.15) is 0 Å². The third-order valence-corrected chi connectivity index (χ3v) is 5.13. The minimum absolute atomic E-state index is 0. The van der Waals surface area contributed by atoms with Gasteiger partial charge in [-0.3, -0.25) is 4.99 Å². The highest BCUT2D eigenvalue weighted by atomic mass is 127. The molecule has 2 heterocycles. The van der Waals surface area contributed by atoms with Crippen LogP contribution in [0.1, 0.15) is 21.6 Å². The minimum atomic E-state index is 0. The van der Waals surface area contributed by atoms with Crippen molar-refractivity contribution in [3.8, 4) is 0 Å². The molecule has 2 aromatic heterocycles. The first-order valence-electron chi connectivity index (χ1n) is 6.86. The first-order valence-corrected chi connectivity index (χ1v) is 8.56. The molecule has 3 nitrogen and oxygen atoms in total. The molecule has 6 heteroatoms. The standard InChI is InChI=1S/C15H21N3S2.HI/c1-3-12-6-7-14(20-12)11-18-15(16-2)17-9-8-13-5-4-10-19-13;/h4-7,10H,3,8-9,11H2,1-2H3,(H2,16,17,18);1H. The molecule has 0 aliphatic carbocycles. The molecule has 0 spiro atoms. The molecule has 2 rings (SSSR count). The van der Waals surface area contributed by atoms with Gasteiger partial charge in [0.15, 0.2) is 5.96 Å². The lowest BCUT2D eigenvalue weighted by molar-refractivity contribution is 0.804. The van der Waals surface area contributed by atoms with Crippen LogP contribution in [0.3, 0.4) is 0 Å². The van der Waals surface area contributed by atoms with Crippen LogP contribution in [-0.4, -0.2) is 19.6 Å². The van der Waals surface area contributed by atoms with Crippen molar-refractivity contribution >= 4 is 52.6 Å². The van der Waals surface area contributed by atoms with Crippen LogP contribution in [0.5, 0.6) is 0 Å². The molecule has 0 fully saturated rings. The molecular formula is C15H22IN3S2. The molecule has 0 unspecified atom stereocenters. The van der Waals surface area contributed by atoms with Gasteiger partial charge in [-0.1, -0.05) is 13.0 Å². The molecule has 0 radical (unpaired) electrons. The maximum Gasteiger partial charge on any atom is 0.191 e. The third-order valence-electron chi connectivity index (χ3n) is 2.96. The summed E-state index contributed by atoms with van der Waals surface area (Å²) in [5.74, 6) is 0.869. The fourth-order valence-corrected chi connectivity index (χ4v) is 3.46. The Labute approximate surface area is 151 Å². The quantitative estimate of drug-likeness (QED) is 0.410. The molecule has 2 N–H and O–H groups in total. The number of halogens is 1. The van der Waals surface area contributed by atoms with Crippen LogP contribution in [-0.2, 0) is 19.4 Å². The van der Waals surface area contributed by atoms with Gasteiger partial charge in [0.05, 0.1) is 6.54 Å². The van der Waals surface area contributed by atoms with Crippen molar-refractivity contribution in [3.63, 3.8) is 0 Å². The van der Waals surface area contributed by atoms with Gasteiger partial charge in [-0.25, -0.2) is 0 Å². The first kappa shape index (κ1) is 18.4. The first-order chi connectivity index (χ1) is 9.81. The van der Waals surface area contributed by atoms with E-state index in [4.69, 9.17) is 0 Å². The van der Waals surface area contributed by atoms with E-state index in [-0.39, 0.29) is 24.0 Å². The van der Waals surface area contributed by atoms with Crippen molar-refractivity contribution in [1.82, 2.24) is 10.6 Å². The van der Waals surface area contributed by atoms with Crippen molar-refractivity contribution in [1.29, 1.82) is 0 Å². The summed E-state index contributed by atoms with van der Waals surface area (Å²) >= 11 is 3.66. The molecule has 0 aromatic carbocycles. The van der Waals surface area contributed by atoms with Crippen LogP contribution >= 0.6 is 46.7 Å². The molecule has 0 atom stereocenters. The molecule has 0 saturated carbocycles. The zero-order chi connectivity index (χ0) is 14.2. The van der Waals surface area contributed by atoms with Crippen LogP contribution in [0.15, 0.2) is 34.6 Å². The van der Waals surface area contributed by atoms with Gasteiger partial charge in [0.2, 0.25) is 0 Å². The second-order valence-electron chi connectivity index (χ2n) is 4.40. The number of thiophene rings is 2. The summed E-state index contributed by atoms with van der Waals surface area (Å²) < 4.78 is 0. The fraction of sp³-hybridized carbons (Fsp3) is 0.400. The van der Waals surface area contributed by atoms with Gasteiger partial charge in [-0.05, 0) is 36.4 Å². The summed E-state index contributed by atoms with van der Waals surface area (Å²) in [7, 11) is 1.81. The van der Waals surface area contributed by atoms with E-state index in [0.717, 1.165) is 31.9 Å². The highest BCUT2D eigenvalue weighted by Crippen LogP contribution is 2.16. The molecule has 0 bridgehead atoms. The number of hydrogen-bond acceptors (Lipinski definition) is 3. The van der Waals surface area contributed by atoms with Gasteiger partial charge >= 0.3 is 0 Å². The lowest BCUT2D eigenvalue weighted by Gasteiger charge is -2.10. The van der Waals surface area contributed by atoms with E-state index >= 15 is 0 Å². The van der Waals surface area contributed by atoms with E-state index in [1.807, 2.05) is 18.4 Å². The van der Waals surface area contributed by atoms with Crippen LogP contribution in [0, 0.1) is 0 Å². The second-order valence-corrected chi connectivity index (χ2v) is 6.69. The molecule has 0 saturated heterocycles. The Kier molecular flexibility index (Phi) is 8.94. The molecular weight excluding hydrogens is 413 g/mol. The zero-order valence-corrected chi connectivity index (χ0v) is 16.4. The molecule has 21 heavy (non-hydrogen) atoms. The maximum atomic E-state index is 4.25. The zero-order valence-electron chi connectivity index (χ0n) is 12.4. The van der Waals surface area contributed by atoms with Crippen molar-refractivity contribution in [2.75, 3.05) is 13.6 Å². The minimum Gasteiger partial charge on any atom is -0.356 e. The average Bonchev–Trinajstić information content (AvgIpc) is 3.13. The molecule has 0 amide bonds. The maximum absolute atomic E-state index is 4.25. The monoisotopic (exact) mass is 435 g/mol. The van der Waals surface area contributed by atoms with Gasteiger partial charge in [-0.15, -0.1) is 46.7 Å². The predicted molar refractivity (Wildman–Crippen MR) is 105 cm³/mol. The lowest BCUT2D eigenvalue weighted by atomic mass is 10.3. The molecule has 0 aliphatic heterocycles. The Morgan fingerprint density at radius 2 is 1.95 bits per heavy atom. The van der Waals surface area contributed by atoms with E-state index in [9.17, 15) is 0 Å². The Morgan fingerprint density at radius 3 is 2.57 bits per heavy atom. The van der Waals surface area contributed by atoms with Gasteiger partial charge in [0, 0.05) is 28.2 Å². The van der Waals surface area contributed by atoms with Gasteiger partial charge < -0.3 is 10.6 Å². The normalized spacial score (nSPS) is 11.0. The average molecular weight is 435 g/mol.